The van der Waals surface area contributed by atoms with Gasteiger partial charge in [0.25, 0.3) is 0 Å². The monoisotopic (exact) mass is 285 g/mol. The molecule has 19 heavy (non-hydrogen) atoms. The second kappa shape index (κ2) is 6.86. The topological polar surface area (TPSA) is 62.3 Å². The van der Waals surface area contributed by atoms with Crippen LogP contribution >= 0.6 is 0 Å². The number of pyridine rings is 1. The van der Waals surface area contributed by atoms with Gasteiger partial charge in [-0.05, 0) is 26.3 Å². The summed E-state index contributed by atoms with van der Waals surface area (Å²) >= 11 is 0. The summed E-state index contributed by atoms with van der Waals surface area (Å²) in [5.74, 6) is 0. The van der Waals surface area contributed by atoms with E-state index in [1.54, 1.807) is 19.3 Å². The number of aromatic nitrogens is 1. The quantitative estimate of drug-likeness (QED) is 0.835. The molecule has 0 aromatic carbocycles. The van der Waals surface area contributed by atoms with E-state index in [4.69, 9.17) is 0 Å². The molecule has 0 aliphatic carbocycles. The third-order valence-corrected chi connectivity index (χ3v) is 5.14. The van der Waals surface area contributed by atoms with Crippen LogP contribution in [0.25, 0.3) is 0 Å². The Labute approximate surface area is 116 Å². The molecular weight excluding hydrogens is 262 g/mol. The van der Waals surface area contributed by atoms with E-state index in [0.29, 0.717) is 12.2 Å². The molecule has 1 aromatic rings. The van der Waals surface area contributed by atoms with Crippen LogP contribution in [0.5, 0.6) is 0 Å². The lowest BCUT2D eigenvalue weighted by molar-refractivity contribution is 0.369. The normalized spacial score (nSPS) is 13.5. The van der Waals surface area contributed by atoms with Crippen LogP contribution in [0.3, 0.4) is 0 Å². The maximum absolute atomic E-state index is 12.6. The zero-order valence-electron chi connectivity index (χ0n) is 12.0. The van der Waals surface area contributed by atoms with Crippen LogP contribution in [0.4, 0.5) is 5.69 Å². The van der Waals surface area contributed by atoms with Crippen molar-refractivity contribution in [3.8, 4) is 0 Å². The van der Waals surface area contributed by atoms with E-state index in [1.165, 1.54) is 10.5 Å². The number of sulfonamides is 1. The van der Waals surface area contributed by atoms with Crippen LogP contribution in [-0.4, -0.2) is 37.3 Å². The number of hydrogen-bond donors (Lipinski definition) is 1. The Morgan fingerprint density at radius 2 is 2.11 bits per heavy atom. The van der Waals surface area contributed by atoms with Crippen molar-refractivity contribution in [3.63, 3.8) is 0 Å². The van der Waals surface area contributed by atoms with Gasteiger partial charge in [0.1, 0.15) is 4.90 Å². The Morgan fingerprint density at radius 3 is 2.68 bits per heavy atom. The molecule has 1 atom stereocenters. The Kier molecular flexibility index (Phi) is 5.75. The Hall–Kier alpha value is -1.14. The number of anilines is 1. The second-order valence-electron chi connectivity index (χ2n) is 4.56. The van der Waals surface area contributed by atoms with Gasteiger partial charge in [-0.15, -0.1) is 0 Å². The molecule has 0 bridgehead atoms. The van der Waals surface area contributed by atoms with Crippen molar-refractivity contribution < 1.29 is 8.42 Å². The minimum absolute atomic E-state index is 0.0234. The smallest absolute Gasteiger partial charge is 0.246 e. The van der Waals surface area contributed by atoms with Gasteiger partial charge in [-0.25, -0.2) is 8.42 Å². The van der Waals surface area contributed by atoms with Crippen molar-refractivity contribution >= 4 is 15.7 Å². The minimum atomic E-state index is -3.50. The van der Waals surface area contributed by atoms with E-state index in [2.05, 4.69) is 10.3 Å². The molecule has 0 radical (unpaired) electrons. The van der Waals surface area contributed by atoms with Crippen molar-refractivity contribution in [1.82, 2.24) is 9.29 Å². The molecule has 0 aliphatic rings. The largest absolute Gasteiger partial charge is 0.384 e. The lowest BCUT2D eigenvalue weighted by atomic mass is 10.2. The molecule has 0 saturated carbocycles. The SMILES string of the molecule is CCCC(C)N(C)S(=O)(=O)c1cnccc1NCC. The Balaban J connectivity index is 3.12. The van der Waals surface area contributed by atoms with Gasteiger partial charge in [-0.1, -0.05) is 13.3 Å². The Morgan fingerprint density at radius 1 is 1.42 bits per heavy atom. The van der Waals surface area contributed by atoms with E-state index >= 15 is 0 Å². The molecule has 1 unspecified atom stereocenters. The average Bonchev–Trinajstić information content (AvgIpc) is 2.39. The van der Waals surface area contributed by atoms with Crippen LogP contribution in [0.1, 0.15) is 33.6 Å². The summed E-state index contributed by atoms with van der Waals surface area (Å²) in [5.41, 5.74) is 0.605. The van der Waals surface area contributed by atoms with E-state index < -0.39 is 10.0 Å². The van der Waals surface area contributed by atoms with Crippen molar-refractivity contribution in [2.45, 2.75) is 44.6 Å². The lowest BCUT2D eigenvalue weighted by Crippen LogP contribution is -2.35. The standard InChI is InChI=1S/C13H23N3O2S/c1-5-7-11(3)16(4)19(17,18)13-10-14-9-8-12(13)15-6-2/h8-11H,5-7H2,1-4H3,(H,14,15). The number of nitrogens with one attached hydrogen (secondary N) is 1. The molecule has 0 saturated heterocycles. The lowest BCUT2D eigenvalue weighted by Gasteiger charge is -2.25. The highest BCUT2D eigenvalue weighted by Crippen LogP contribution is 2.24. The molecule has 1 heterocycles. The first kappa shape index (κ1) is 15.9. The fraction of sp³-hybridized carbons (Fsp3) is 0.615. The van der Waals surface area contributed by atoms with Crippen LogP contribution in [0.15, 0.2) is 23.4 Å². The van der Waals surface area contributed by atoms with Crippen LogP contribution in [-0.2, 0) is 10.0 Å². The average molecular weight is 285 g/mol. The third-order valence-electron chi connectivity index (χ3n) is 3.14. The van der Waals surface area contributed by atoms with Crippen LogP contribution < -0.4 is 5.32 Å². The Bertz CT molecular complexity index is 502. The highest BCUT2D eigenvalue weighted by atomic mass is 32.2. The fourth-order valence-electron chi connectivity index (χ4n) is 1.91. The molecular formula is C13H23N3O2S. The summed E-state index contributed by atoms with van der Waals surface area (Å²) in [6.45, 7) is 6.57. The summed E-state index contributed by atoms with van der Waals surface area (Å²) in [5, 5.41) is 3.06. The van der Waals surface area contributed by atoms with Gasteiger partial charge in [0.05, 0.1) is 5.69 Å². The van der Waals surface area contributed by atoms with E-state index in [0.717, 1.165) is 12.8 Å². The summed E-state index contributed by atoms with van der Waals surface area (Å²) < 4.78 is 26.6. The molecule has 1 rings (SSSR count). The van der Waals surface area contributed by atoms with Gasteiger partial charge in [0.15, 0.2) is 0 Å². The molecule has 6 heteroatoms. The van der Waals surface area contributed by atoms with Gasteiger partial charge in [0.2, 0.25) is 10.0 Å². The number of rotatable bonds is 7. The van der Waals surface area contributed by atoms with E-state index in [1.807, 2.05) is 20.8 Å². The summed E-state index contributed by atoms with van der Waals surface area (Å²) in [6.07, 6.45) is 4.79. The molecule has 0 fully saturated rings. The van der Waals surface area contributed by atoms with Crippen LogP contribution in [0.2, 0.25) is 0 Å². The first-order valence-electron chi connectivity index (χ1n) is 6.61. The van der Waals surface area contributed by atoms with Crippen molar-refractivity contribution in [1.29, 1.82) is 0 Å². The summed E-state index contributed by atoms with van der Waals surface area (Å²) in [7, 11) is -1.88. The van der Waals surface area contributed by atoms with E-state index in [9.17, 15) is 8.42 Å². The van der Waals surface area contributed by atoms with Gasteiger partial charge < -0.3 is 5.32 Å². The van der Waals surface area contributed by atoms with Crippen LogP contribution in [0, 0.1) is 0 Å². The van der Waals surface area contributed by atoms with Gasteiger partial charge >= 0.3 is 0 Å². The molecule has 0 spiro atoms. The molecule has 5 nitrogen and oxygen atoms in total. The minimum Gasteiger partial charge on any atom is -0.384 e. The molecule has 0 aliphatic heterocycles. The second-order valence-corrected chi connectivity index (χ2v) is 6.53. The third kappa shape index (κ3) is 3.67. The predicted octanol–water partition coefficient (Wildman–Crippen LogP) is 2.32. The zero-order valence-corrected chi connectivity index (χ0v) is 12.9. The molecule has 1 aromatic heterocycles. The molecule has 108 valence electrons. The predicted molar refractivity (Wildman–Crippen MR) is 77.7 cm³/mol. The van der Waals surface area contributed by atoms with E-state index in [-0.39, 0.29) is 10.9 Å². The summed E-state index contributed by atoms with van der Waals surface area (Å²) in [6, 6.07) is 1.67. The number of nitrogens with zero attached hydrogens (tertiary/aromatic N) is 2. The first-order valence-corrected chi connectivity index (χ1v) is 8.05. The summed E-state index contributed by atoms with van der Waals surface area (Å²) in [4.78, 5) is 4.17. The maximum atomic E-state index is 12.6. The zero-order chi connectivity index (χ0) is 14.5. The van der Waals surface area contributed by atoms with Gasteiger partial charge in [-0.3, -0.25) is 4.98 Å². The maximum Gasteiger partial charge on any atom is 0.246 e. The number of hydrogen-bond acceptors (Lipinski definition) is 4. The molecule has 1 N–H and O–H groups in total. The fourth-order valence-corrected chi connectivity index (χ4v) is 3.42. The van der Waals surface area contributed by atoms with Gasteiger partial charge in [0, 0.05) is 32.0 Å². The van der Waals surface area contributed by atoms with Crippen molar-refractivity contribution in [3.05, 3.63) is 18.5 Å². The van der Waals surface area contributed by atoms with Crippen molar-refractivity contribution in [2.75, 3.05) is 18.9 Å². The van der Waals surface area contributed by atoms with Crippen molar-refractivity contribution in [2.24, 2.45) is 0 Å². The molecule has 0 amide bonds. The first-order chi connectivity index (χ1) is 8.95. The van der Waals surface area contributed by atoms with Gasteiger partial charge in [-0.2, -0.15) is 4.31 Å². The highest BCUT2D eigenvalue weighted by molar-refractivity contribution is 7.89. The highest BCUT2D eigenvalue weighted by Gasteiger charge is 2.27.